The molecule has 0 aromatic carbocycles. The van der Waals surface area contributed by atoms with E-state index in [1.54, 1.807) is 0 Å². The molecule has 0 heterocycles. The van der Waals surface area contributed by atoms with Crippen molar-refractivity contribution in [3.8, 4) is 0 Å². The highest BCUT2D eigenvalue weighted by Crippen LogP contribution is 2.21. The summed E-state index contributed by atoms with van der Waals surface area (Å²) in [5.74, 6) is -0.347. The van der Waals surface area contributed by atoms with Gasteiger partial charge in [-0.1, -0.05) is 40.0 Å². The molecule has 0 amide bonds. The van der Waals surface area contributed by atoms with E-state index >= 15 is 0 Å². The van der Waals surface area contributed by atoms with Crippen LogP contribution in [0.2, 0.25) is 0 Å². The van der Waals surface area contributed by atoms with Crippen molar-refractivity contribution in [2.45, 2.75) is 78.4 Å². The second-order valence-electron chi connectivity index (χ2n) is 4.64. The maximum Gasteiger partial charge on any atom is 0.165 e. The van der Waals surface area contributed by atoms with Gasteiger partial charge in [0.2, 0.25) is 0 Å². The van der Waals surface area contributed by atoms with Crippen molar-refractivity contribution in [3.05, 3.63) is 0 Å². The first kappa shape index (κ1) is 15.9. The van der Waals surface area contributed by atoms with Gasteiger partial charge in [0.1, 0.15) is 0 Å². The smallest absolute Gasteiger partial charge is 0.165 e. The van der Waals surface area contributed by atoms with Crippen LogP contribution in [0, 0.1) is 0 Å². The number of rotatable bonds is 11. The minimum absolute atomic E-state index is 0.347. The lowest BCUT2D eigenvalue weighted by Crippen LogP contribution is -2.33. The van der Waals surface area contributed by atoms with Crippen LogP contribution in [0.5, 0.6) is 0 Å². The van der Waals surface area contributed by atoms with Crippen LogP contribution in [0.4, 0.5) is 0 Å². The summed E-state index contributed by atoms with van der Waals surface area (Å²) in [5, 5.41) is 0. The molecular weight excluding hydrogens is 200 g/mol. The fraction of sp³-hybridized carbons (Fsp3) is 1.00. The van der Waals surface area contributed by atoms with Crippen LogP contribution in [0.3, 0.4) is 0 Å². The molecule has 0 aromatic heterocycles. The summed E-state index contributed by atoms with van der Waals surface area (Å²) in [4.78, 5) is 0. The zero-order valence-corrected chi connectivity index (χ0v) is 11.7. The molecule has 0 bridgehead atoms. The quantitative estimate of drug-likeness (QED) is 0.383. The molecule has 0 aliphatic rings. The maximum absolute atomic E-state index is 5.90. The number of ether oxygens (including phenoxy) is 2. The van der Waals surface area contributed by atoms with Gasteiger partial charge in [-0.3, -0.25) is 0 Å². The molecule has 0 aliphatic heterocycles. The largest absolute Gasteiger partial charge is 0.350 e. The monoisotopic (exact) mass is 230 g/mol. The van der Waals surface area contributed by atoms with Crippen molar-refractivity contribution >= 4 is 0 Å². The fourth-order valence-corrected chi connectivity index (χ4v) is 1.55. The molecule has 0 N–H and O–H groups in total. The SMILES string of the molecule is CCCCOC(C)(CCCC)OCCCC. The first-order valence-electron chi connectivity index (χ1n) is 6.96. The Morgan fingerprint density at radius 2 is 1.19 bits per heavy atom. The predicted molar refractivity (Wildman–Crippen MR) is 69.7 cm³/mol. The van der Waals surface area contributed by atoms with Gasteiger partial charge in [-0.05, 0) is 26.2 Å². The van der Waals surface area contributed by atoms with E-state index in [-0.39, 0.29) is 5.79 Å². The average Bonchev–Trinajstić information content (AvgIpc) is 2.27. The van der Waals surface area contributed by atoms with E-state index in [0.29, 0.717) is 0 Å². The van der Waals surface area contributed by atoms with Crippen LogP contribution in [-0.4, -0.2) is 19.0 Å². The highest BCUT2D eigenvalue weighted by molar-refractivity contribution is 4.63. The second kappa shape index (κ2) is 10.1. The fourth-order valence-electron chi connectivity index (χ4n) is 1.55. The van der Waals surface area contributed by atoms with Gasteiger partial charge >= 0.3 is 0 Å². The first-order chi connectivity index (χ1) is 7.68. The zero-order chi connectivity index (χ0) is 12.3. The molecule has 2 heteroatoms. The van der Waals surface area contributed by atoms with E-state index in [1.807, 2.05) is 0 Å². The molecule has 0 aromatic rings. The van der Waals surface area contributed by atoms with Gasteiger partial charge in [-0.25, -0.2) is 0 Å². The molecule has 0 rings (SSSR count). The van der Waals surface area contributed by atoms with Crippen LogP contribution in [-0.2, 0) is 9.47 Å². The Morgan fingerprint density at radius 1 is 0.750 bits per heavy atom. The van der Waals surface area contributed by atoms with E-state index in [0.717, 1.165) is 32.5 Å². The predicted octanol–water partition coefficient (Wildman–Crippen LogP) is 4.53. The molecule has 0 fully saturated rings. The van der Waals surface area contributed by atoms with E-state index < -0.39 is 0 Å². The van der Waals surface area contributed by atoms with Crippen LogP contribution in [0.15, 0.2) is 0 Å². The molecule has 98 valence electrons. The zero-order valence-electron chi connectivity index (χ0n) is 11.7. The molecule has 0 spiro atoms. The van der Waals surface area contributed by atoms with Crippen molar-refractivity contribution in [1.29, 1.82) is 0 Å². The third kappa shape index (κ3) is 8.12. The lowest BCUT2D eigenvalue weighted by molar-refractivity contribution is -0.230. The summed E-state index contributed by atoms with van der Waals surface area (Å²) in [5.41, 5.74) is 0. The number of hydrogen-bond acceptors (Lipinski definition) is 2. The minimum Gasteiger partial charge on any atom is -0.350 e. The summed E-state index contributed by atoms with van der Waals surface area (Å²) in [6, 6.07) is 0. The third-order valence-electron chi connectivity index (χ3n) is 2.80. The minimum atomic E-state index is -0.347. The molecule has 0 saturated carbocycles. The molecule has 2 nitrogen and oxygen atoms in total. The molecule has 0 radical (unpaired) electrons. The topological polar surface area (TPSA) is 18.5 Å². The summed E-state index contributed by atoms with van der Waals surface area (Å²) in [6.07, 6.45) is 7.99. The van der Waals surface area contributed by atoms with Crippen LogP contribution in [0.1, 0.15) is 72.6 Å². The Morgan fingerprint density at radius 3 is 1.56 bits per heavy atom. The Labute approximate surface area is 102 Å². The van der Waals surface area contributed by atoms with E-state index in [2.05, 4.69) is 27.7 Å². The van der Waals surface area contributed by atoms with Crippen LogP contribution in [0.25, 0.3) is 0 Å². The normalized spacial score (nSPS) is 12.0. The number of hydrogen-bond donors (Lipinski definition) is 0. The van der Waals surface area contributed by atoms with Gasteiger partial charge in [0.15, 0.2) is 5.79 Å². The summed E-state index contributed by atoms with van der Waals surface area (Å²) >= 11 is 0. The molecule has 0 unspecified atom stereocenters. The van der Waals surface area contributed by atoms with Gasteiger partial charge < -0.3 is 9.47 Å². The highest BCUT2D eigenvalue weighted by atomic mass is 16.7. The van der Waals surface area contributed by atoms with E-state index in [1.165, 1.54) is 25.7 Å². The lowest BCUT2D eigenvalue weighted by Gasteiger charge is -2.30. The van der Waals surface area contributed by atoms with Crippen LogP contribution >= 0.6 is 0 Å². The molecular formula is C14H30O2. The molecule has 16 heavy (non-hydrogen) atoms. The average molecular weight is 230 g/mol. The van der Waals surface area contributed by atoms with Crippen molar-refractivity contribution in [3.63, 3.8) is 0 Å². The number of unbranched alkanes of at least 4 members (excludes halogenated alkanes) is 3. The molecule has 0 atom stereocenters. The van der Waals surface area contributed by atoms with Crippen molar-refractivity contribution in [1.82, 2.24) is 0 Å². The van der Waals surface area contributed by atoms with E-state index in [9.17, 15) is 0 Å². The van der Waals surface area contributed by atoms with E-state index in [4.69, 9.17) is 9.47 Å². The van der Waals surface area contributed by atoms with Crippen molar-refractivity contribution < 1.29 is 9.47 Å². The Bertz CT molecular complexity index is 136. The maximum atomic E-state index is 5.90. The van der Waals surface area contributed by atoms with Crippen molar-refractivity contribution in [2.75, 3.05) is 13.2 Å². The Balaban J connectivity index is 3.91. The van der Waals surface area contributed by atoms with Crippen LogP contribution < -0.4 is 0 Å². The van der Waals surface area contributed by atoms with Gasteiger partial charge in [-0.2, -0.15) is 0 Å². The van der Waals surface area contributed by atoms with Gasteiger partial charge in [-0.15, -0.1) is 0 Å². The Hall–Kier alpha value is -0.0800. The van der Waals surface area contributed by atoms with Gasteiger partial charge in [0, 0.05) is 19.6 Å². The molecule has 0 aliphatic carbocycles. The summed E-state index contributed by atoms with van der Waals surface area (Å²) in [6.45, 7) is 10.3. The van der Waals surface area contributed by atoms with Gasteiger partial charge in [0.05, 0.1) is 0 Å². The lowest BCUT2D eigenvalue weighted by atomic mass is 10.1. The first-order valence-corrected chi connectivity index (χ1v) is 6.96. The van der Waals surface area contributed by atoms with Crippen molar-refractivity contribution in [2.24, 2.45) is 0 Å². The Kier molecular flexibility index (Phi) is 10.0. The molecule has 0 saturated heterocycles. The highest BCUT2D eigenvalue weighted by Gasteiger charge is 2.24. The standard InChI is InChI=1S/C14H30O2/c1-5-8-11-14(4,15-12-9-6-2)16-13-10-7-3/h5-13H2,1-4H3. The summed E-state index contributed by atoms with van der Waals surface area (Å²) in [7, 11) is 0. The van der Waals surface area contributed by atoms with Gasteiger partial charge in [0.25, 0.3) is 0 Å². The summed E-state index contributed by atoms with van der Waals surface area (Å²) < 4.78 is 11.8. The third-order valence-corrected chi connectivity index (χ3v) is 2.80. The second-order valence-corrected chi connectivity index (χ2v) is 4.64.